The molecule has 1 aliphatic carbocycles. The van der Waals surface area contributed by atoms with Gasteiger partial charge in [-0.05, 0) is 44.2 Å². The molecule has 0 unspecified atom stereocenters. The van der Waals surface area contributed by atoms with Crippen LogP contribution >= 0.6 is 0 Å². The molecule has 3 rings (SSSR count). The molecule has 2 fully saturated rings. The molecule has 2 bridgehead atoms. The highest BCUT2D eigenvalue weighted by atomic mass is 16.3. The Bertz CT molecular complexity index is 441. The lowest BCUT2D eigenvalue weighted by molar-refractivity contribution is -0.122. The Morgan fingerprint density at radius 1 is 1.50 bits per heavy atom. The summed E-state index contributed by atoms with van der Waals surface area (Å²) < 4.78 is 5.42. The van der Waals surface area contributed by atoms with E-state index < -0.39 is 0 Å². The van der Waals surface area contributed by atoms with E-state index in [-0.39, 0.29) is 5.91 Å². The van der Waals surface area contributed by atoms with Crippen LogP contribution in [-0.2, 0) is 11.3 Å². The monoisotopic (exact) mass is 248 g/mol. The van der Waals surface area contributed by atoms with Gasteiger partial charge in [-0.1, -0.05) is 0 Å². The summed E-state index contributed by atoms with van der Waals surface area (Å²) in [5.74, 6) is 2.66. The first-order valence-electron chi connectivity index (χ1n) is 6.77. The molecule has 98 valence electrons. The van der Waals surface area contributed by atoms with E-state index in [2.05, 4.69) is 10.2 Å². The predicted molar refractivity (Wildman–Crippen MR) is 68.0 cm³/mol. The number of carbonyl (C=O) groups is 1. The van der Waals surface area contributed by atoms with Gasteiger partial charge in [-0.15, -0.1) is 0 Å². The van der Waals surface area contributed by atoms with Gasteiger partial charge in [0.15, 0.2) is 0 Å². The molecule has 1 aromatic rings. The number of likely N-dealkylation sites (tertiary alicyclic amines) is 1. The highest BCUT2D eigenvalue weighted by Gasteiger charge is 2.38. The molecule has 1 amide bonds. The summed E-state index contributed by atoms with van der Waals surface area (Å²) in [6.45, 7) is 4.06. The van der Waals surface area contributed by atoms with Gasteiger partial charge in [-0.2, -0.15) is 0 Å². The van der Waals surface area contributed by atoms with E-state index in [1.807, 2.05) is 19.1 Å². The first kappa shape index (κ1) is 11.8. The van der Waals surface area contributed by atoms with Crippen molar-refractivity contribution in [1.29, 1.82) is 0 Å². The molecule has 2 heterocycles. The van der Waals surface area contributed by atoms with Crippen LogP contribution in [-0.4, -0.2) is 29.9 Å². The van der Waals surface area contributed by atoms with Crippen LogP contribution in [0.5, 0.6) is 0 Å². The zero-order chi connectivity index (χ0) is 12.5. The number of nitrogens with one attached hydrogen (secondary N) is 1. The van der Waals surface area contributed by atoms with Crippen LogP contribution in [0.25, 0.3) is 0 Å². The van der Waals surface area contributed by atoms with Crippen molar-refractivity contribution in [2.75, 3.05) is 13.1 Å². The fourth-order valence-corrected chi connectivity index (χ4v) is 3.23. The van der Waals surface area contributed by atoms with E-state index in [0.717, 1.165) is 24.0 Å². The minimum atomic E-state index is 0.108. The number of amides is 1. The number of fused-ring (bicyclic) bond motifs is 2. The van der Waals surface area contributed by atoms with Crippen LogP contribution in [0.1, 0.15) is 30.8 Å². The summed E-state index contributed by atoms with van der Waals surface area (Å²) in [6.07, 6.45) is 3.93. The molecule has 2 atom stereocenters. The first-order chi connectivity index (χ1) is 8.70. The highest BCUT2D eigenvalue weighted by Crippen LogP contribution is 2.36. The molecule has 0 spiro atoms. The van der Waals surface area contributed by atoms with Gasteiger partial charge < -0.3 is 9.73 Å². The minimum absolute atomic E-state index is 0.108. The summed E-state index contributed by atoms with van der Waals surface area (Å²) in [6, 6.07) is 4.49. The second-order valence-electron chi connectivity index (χ2n) is 5.55. The van der Waals surface area contributed by atoms with Crippen molar-refractivity contribution in [3.05, 3.63) is 23.7 Å². The number of rotatable bonds is 4. The van der Waals surface area contributed by atoms with Gasteiger partial charge in [0.05, 0.1) is 13.1 Å². The average Bonchev–Trinajstić information content (AvgIpc) is 3.03. The van der Waals surface area contributed by atoms with E-state index in [9.17, 15) is 4.79 Å². The lowest BCUT2D eigenvalue weighted by Crippen LogP contribution is -2.40. The molecule has 0 radical (unpaired) electrons. The lowest BCUT2D eigenvalue weighted by atomic mass is 10.1. The number of piperidine rings is 1. The van der Waals surface area contributed by atoms with Crippen molar-refractivity contribution in [2.45, 2.75) is 38.8 Å². The third-order valence-electron chi connectivity index (χ3n) is 4.13. The standard InChI is InChI=1S/C14H20N2O2/c1-10-2-5-13(18-10)7-15-14(17)9-16-8-11-3-4-12(16)6-11/h2,5,11-12H,3-4,6-9H2,1H3,(H,15,17)/t11-,12+/m1/s1. The number of aryl methyl sites for hydroxylation is 1. The smallest absolute Gasteiger partial charge is 0.234 e. The maximum absolute atomic E-state index is 11.9. The molecular weight excluding hydrogens is 228 g/mol. The van der Waals surface area contributed by atoms with Crippen molar-refractivity contribution >= 4 is 5.91 Å². The molecular formula is C14H20N2O2. The Hall–Kier alpha value is -1.29. The van der Waals surface area contributed by atoms with Gasteiger partial charge in [-0.25, -0.2) is 0 Å². The van der Waals surface area contributed by atoms with Gasteiger partial charge >= 0.3 is 0 Å². The van der Waals surface area contributed by atoms with Gasteiger partial charge in [0, 0.05) is 12.6 Å². The molecule has 1 aliphatic heterocycles. The van der Waals surface area contributed by atoms with Crippen molar-refractivity contribution in [3.8, 4) is 0 Å². The molecule has 1 saturated heterocycles. The molecule has 1 saturated carbocycles. The van der Waals surface area contributed by atoms with Gasteiger partial charge in [-0.3, -0.25) is 9.69 Å². The molecule has 4 nitrogen and oxygen atoms in total. The summed E-state index contributed by atoms with van der Waals surface area (Å²) in [4.78, 5) is 14.2. The quantitative estimate of drug-likeness (QED) is 0.882. The summed E-state index contributed by atoms with van der Waals surface area (Å²) in [5, 5.41) is 2.92. The largest absolute Gasteiger partial charge is 0.465 e. The van der Waals surface area contributed by atoms with Gasteiger partial charge in [0.2, 0.25) is 5.91 Å². The topological polar surface area (TPSA) is 45.5 Å². The molecule has 2 aliphatic rings. The zero-order valence-electron chi connectivity index (χ0n) is 10.8. The Labute approximate surface area is 107 Å². The Morgan fingerprint density at radius 3 is 3.00 bits per heavy atom. The van der Waals surface area contributed by atoms with E-state index in [1.54, 1.807) is 0 Å². The summed E-state index contributed by atoms with van der Waals surface area (Å²) in [5.41, 5.74) is 0. The van der Waals surface area contributed by atoms with E-state index in [4.69, 9.17) is 4.42 Å². The molecule has 0 aromatic carbocycles. The second-order valence-corrected chi connectivity index (χ2v) is 5.55. The number of carbonyl (C=O) groups excluding carboxylic acids is 1. The Balaban J connectivity index is 1.45. The van der Waals surface area contributed by atoms with E-state index in [1.165, 1.54) is 19.3 Å². The fraction of sp³-hybridized carbons (Fsp3) is 0.643. The van der Waals surface area contributed by atoms with Crippen molar-refractivity contribution < 1.29 is 9.21 Å². The third kappa shape index (κ3) is 2.43. The van der Waals surface area contributed by atoms with Gasteiger partial charge in [0.1, 0.15) is 11.5 Å². The van der Waals surface area contributed by atoms with Crippen LogP contribution in [0.15, 0.2) is 16.5 Å². The predicted octanol–water partition coefficient (Wildman–Crippen LogP) is 1.69. The Morgan fingerprint density at radius 2 is 2.39 bits per heavy atom. The van der Waals surface area contributed by atoms with Crippen LogP contribution in [0.2, 0.25) is 0 Å². The molecule has 18 heavy (non-hydrogen) atoms. The summed E-state index contributed by atoms with van der Waals surface area (Å²) in [7, 11) is 0. The van der Waals surface area contributed by atoms with Crippen molar-refractivity contribution in [1.82, 2.24) is 10.2 Å². The maximum Gasteiger partial charge on any atom is 0.234 e. The average molecular weight is 248 g/mol. The van der Waals surface area contributed by atoms with Crippen LogP contribution in [0.4, 0.5) is 0 Å². The van der Waals surface area contributed by atoms with E-state index >= 15 is 0 Å². The van der Waals surface area contributed by atoms with Crippen LogP contribution < -0.4 is 5.32 Å². The molecule has 4 heteroatoms. The zero-order valence-corrected chi connectivity index (χ0v) is 10.8. The number of hydrogen-bond donors (Lipinski definition) is 1. The summed E-state index contributed by atoms with van der Waals surface area (Å²) >= 11 is 0. The normalized spacial score (nSPS) is 26.7. The maximum atomic E-state index is 11.9. The van der Waals surface area contributed by atoms with Gasteiger partial charge in [0.25, 0.3) is 0 Å². The highest BCUT2D eigenvalue weighted by molar-refractivity contribution is 5.78. The number of furan rings is 1. The lowest BCUT2D eigenvalue weighted by Gasteiger charge is -2.25. The third-order valence-corrected chi connectivity index (χ3v) is 4.13. The minimum Gasteiger partial charge on any atom is -0.465 e. The van der Waals surface area contributed by atoms with Crippen molar-refractivity contribution in [3.63, 3.8) is 0 Å². The Kier molecular flexibility index (Phi) is 3.12. The molecule has 1 aromatic heterocycles. The second kappa shape index (κ2) is 4.76. The van der Waals surface area contributed by atoms with Crippen molar-refractivity contribution in [2.24, 2.45) is 5.92 Å². The van der Waals surface area contributed by atoms with E-state index in [0.29, 0.717) is 19.1 Å². The number of hydrogen-bond acceptors (Lipinski definition) is 3. The fourth-order valence-electron chi connectivity index (χ4n) is 3.23. The SMILES string of the molecule is Cc1ccc(CNC(=O)CN2C[C@@H]3CC[C@H]2C3)o1. The first-order valence-corrected chi connectivity index (χ1v) is 6.77. The van der Waals surface area contributed by atoms with Crippen LogP contribution in [0.3, 0.4) is 0 Å². The molecule has 1 N–H and O–H groups in total. The van der Waals surface area contributed by atoms with Crippen LogP contribution in [0, 0.1) is 12.8 Å². The number of nitrogens with zero attached hydrogens (tertiary/aromatic N) is 1.